The van der Waals surface area contributed by atoms with Crippen LogP contribution < -0.4 is 10.8 Å². The molecule has 0 bridgehead atoms. The molecule has 0 saturated carbocycles. The van der Waals surface area contributed by atoms with Gasteiger partial charge in [-0.15, -0.1) is 22.7 Å². The molecule has 0 saturated heterocycles. The van der Waals surface area contributed by atoms with Crippen molar-refractivity contribution in [1.29, 1.82) is 0 Å². The number of benzene rings is 1. The molecule has 0 radical (unpaired) electrons. The monoisotopic (exact) mass is 446 g/mol. The molecule has 1 aromatic carbocycles. The van der Waals surface area contributed by atoms with Crippen molar-refractivity contribution in [3.05, 3.63) is 68.9 Å². The molecular formula is C19H18N4O5S2. The third-order valence-electron chi connectivity index (χ3n) is 4.03. The molecule has 0 spiro atoms. The van der Waals surface area contributed by atoms with Crippen molar-refractivity contribution < 1.29 is 24.7 Å². The molecule has 3 rings (SSSR count). The topological polar surface area (TPSA) is 132 Å². The first-order chi connectivity index (χ1) is 14.4. The quantitative estimate of drug-likeness (QED) is 0.310. The van der Waals surface area contributed by atoms with Crippen LogP contribution in [0.5, 0.6) is 0 Å². The Bertz CT molecular complexity index is 1020. The summed E-state index contributed by atoms with van der Waals surface area (Å²) in [5, 5.41) is 24.5. The lowest BCUT2D eigenvalue weighted by Gasteiger charge is -2.18. The zero-order chi connectivity index (χ0) is 21.5. The molecule has 3 aromatic rings. The Balaban J connectivity index is 1.59. The molecule has 0 aliphatic rings. The fraction of sp³-hybridized carbons (Fsp3) is 0.158. The van der Waals surface area contributed by atoms with Crippen molar-refractivity contribution in [2.45, 2.75) is 19.5 Å². The third kappa shape index (κ3) is 5.86. The summed E-state index contributed by atoms with van der Waals surface area (Å²) in [5.74, 6) is -0.967. The molecule has 30 heavy (non-hydrogen) atoms. The summed E-state index contributed by atoms with van der Waals surface area (Å²) in [7, 11) is 0. The fourth-order valence-corrected chi connectivity index (χ4v) is 4.01. The molecule has 0 unspecified atom stereocenters. The van der Waals surface area contributed by atoms with Gasteiger partial charge in [-0.3, -0.25) is 25.0 Å². The average molecular weight is 447 g/mol. The van der Waals surface area contributed by atoms with Gasteiger partial charge in [-0.2, -0.15) is 0 Å². The summed E-state index contributed by atoms with van der Waals surface area (Å²) in [6.07, 6.45) is -1.11. The number of rotatable bonds is 8. The van der Waals surface area contributed by atoms with Gasteiger partial charge < -0.3 is 5.11 Å². The van der Waals surface area contributed by atoms with E-state index < -0.39 is 12.0 Å². The molecule has 4 N–H and O–H groups in total. The standard InChI is InChI=1S/C19H18N4O5S2/c24-16(22-28)8-14-11-30-18(20-14)21-17(25)13-5-3-12(4-6-13)9-23(19(26)27)10-15-2-1-7-29-15/h1-7,11,28H,8-10H2,(H,22,24)(H,26,27)(H,20,21,25). The Kier molecular flexibility index (Phi) is 7.12. The minimum absolute atomic E-state index is 0.0941. The minimum Gasteiger partial charge on any atom is -0.465 e. The third-order valence-corrected chi connectivity index (χ3v) is 5.69. The molecule has 3 amide bonds. The summed E-state index contributed by atoms with van der Waals surface area (Å²) < 4.78 is 0. The van der Waals surface area contributed by atoms with Crippen LogP contribution in [0.25, 0.3) is 0 Å². The van der Waals surface area contributed by atoms with Crippen molar-refractivity contribution in [2.24, 2.45) is 0 Å². The van der Waals surface area contributed by atoms with Crippen molar-refractivity contribution in [1.82, 2.24) is 15.4 Å². The second kappa shape index (κ2) is 9.96. The lowest BCUT2D eigenvalue weighted by molar-refractivity contribution is -0.128. The second-order valence-corrected chi connectivity index (χ2v) is 8.12. The van der Waals surface area contributed by atoms with E-state index in [0.717, 1.165) is 10.4 Å². The summed E-state index contributed by atoms with van der Waals surface area (Å²) in [6, 6.07) is 10.4. The number of amides is 3. The van der Waals surface area contributed by atoms with Crippen LogP contribution >= 0.6 is 22.7 Å². The van der Waals surface area contributed by atoms with Crippen LogP contribution in [0.4, 0.5) is 9.93 Å². The predicted octanol–water partition coefficient (Wildman–Crippen LogP) is 3.19. The molecule has 11 heteroatoms. The summed E-state index contributed by atoms with van der Waals surface area (Å²) in [6.45, 7) is 0.508. The lowest BCUT2D eigenvalue weighted by Crippen LogP contribution is -2.28. The maximum absolute atomic E-state index is 12.4. The fourth-order valence-electron chi connectivity index (χ4n) is 2.58. The highest BCUT2D eigenvalue weighted by atomic mass is 32.1. The Morgan fingerprint density at radius 3 is 2.47 bits per heavy atom. The molecule has 0 atom stereocenters. The average Bonchev–Trinajstić information content (AvgIpc) is 3.40. The Hall–Kier alpha value is -3.28. The largest absolute Gasteiger partial charge is 0.465 e. The molecule has 0 fully saturated rings. The lowest BCUT2D eigenvalue weighted by atomic mass is 10.1. The van der Waals surface area contributed by atoms with E-state index in [1.54, 1.807) is 29.6 Å². The minimum atomic E-state index is -1.01. The first kappa shape index (κ1) is 21.4. The highest BCUT2D eigenvalue weighted by Gasteiger charge is 2.15. The number of thiophene rings is 1. The number of aromatic nitrogens is 1. The number of carbonyl (C=O) groups excluding carboxylic acids is 2. The van der Waals surface area contributed by atoms with Gasteiger partial charge in [-0.25, -0.2) is 15.3 Å². The number of hydrogen-bond acceptors (Lipinski definition) is 7. The van der Waals surface area contributed by atoms with Crippen LogP contribution in [-0.4, -0.2) is 38.1 Å². The Labute approximate surface area is 179 Å². The van der Waals surface area contributed by atoms with E-state index >= 15 is 0 Å². The summed E-state index contributed by atoms with van der Waals surface area (Å²) in [5.41, 5.74) is 3.11. The molecule has 2 aromatic heterocycles. The highest BCUT2D eigenvalue weighted by Crippen LogP contribution is 2.18. The first-order valence-corrected chi connectivity index (χ1v) is 10.5. The van der Waals surface area contributed by atoms with Crippen LogP contribution in [-0.2, 0) is 24.3 Å². The van der Waals surface area contributed by atoms with Gasteiger partial charge >= 0.3 is 6.09 Å². The van der Waals surface area contributed by atoms with Crippen molar-refractivity contribution >= 4 is 45.7 Å². The molecular weight excluding hydrogens is 428 g/mol. The van der Waals surface area contributed by atoms with Gasteiger partial charge in [0, 0.05) is 22.4 Å². The number of hydrogen-bond donors (Lipinski definition) is 4. The van der Waals surface area contributed by atoms with Crippen LogP contribution in [0.2, 0.25) is 0 Å². The number of anilines is 1. The number of nitrogens with one attached hydrogen (secondary N) is 2. The van der Waals surface area contributed by atoms with E-state index in [1.165, 1.54) is 33.1 Å². The maximum atomic E-state index is 12.4. The van der Waals surface area contributed by atoms with E-state index in [2.05, 4.69) is 10.3 Å². The predicted molar refractivity (Wildman–Crippen MR) is 112 cm³/mol. The first-order valence-electron chi connectivity index (χ1n) is 8.72. The molecule has 2 heterocycles. The number of carbonyl (C=O) groups is 3. The van der Waals surface area contributed by atoms with E-state index in [1.807, 2.05) is 17.5 Å². The molecule has 9 nitrogen and oxygen atoms in total. The van der Waals surface area contributed by atoms with E-state index in [9.17, 15) is 19.5 Å². The van der Waals surface area contributed by atoms with Gasteiger partial charge in [-0.05, 0) is 29.1 Å². The van der Waals surface area contributed by atoms with Crippen LogP contribution in [0.3, 0.4) is 0 Å². The normalized spacial score (nSPS) is 10.4. The van der Waals surface area contributed by atoms with Gasteiger partial charge in [0.1, 0.15) is 0 Å². The van der Waals surface area contributed by atoms with Crippen LogP contribution in [0, 0.1) is 0 Å². The van der Waals surface area contributed by atoms with Crippen molar-refractivity contribution in [3.63, 3.8) is 0 Å². The maximum Gasteiger partial charge on any atom is 0.407 e. The number of thiazole rings is 1. The Morgan fingerprint density at radius 1 is 1.07 bits per heavy atom. The Morgan fingerprint density at radius 2 is 1.83 bits per heavy atom. The highest BCUT2D eigenvalue weighted by molar-refractivity contribution is 7.14. The van der Waals surface area contributed by atoms with Crippen molar-refractivity contribution in [2.75, 3.05) is 5.32 Å². The smallest absolute Gasteiger partial charge is 0.407 e. The zero-order valence-corrected chi connectivity index (χ0v) is 17.2. The van der Waals surface area contributed by atoms with Gasteiger partial charge in [0.15, 0.2) is 5.13 Å². The van der Waals surface area contributed by atoms with Gasteiger partial charge in [0.25, 0.3) is 5.91 Å². The molecule has 0 aliphatic carbocycles. The van der Waals surface area contributed by atoms with Crippen LogP contribution in [0.1, 0.15) is 26.5 Å². The van der Waals surface area contributed by atoms with Crippen molar-refractivity contribution in [3.8, 4) is 0 Å². The van der Waals surface area contributed by atoms with Gasteiger partial charge in [0.2, 0.25) is 5.91 Å². The number of nitrogens with zero attached hydrogens (tertiary/aromatic N) is 2. The van der Waals surface area contributed by atoms with Gasteiger partial charge in [-0.1, -0.05) is 18.2 Å². The SMILES string of the molecule is O=C(Cc1csc(NC(=O)c2ccc(CN(Cc3cccs3)C(=O)O)cc2)n1)NO. The van der Waals surface area contributed by atoms with E-state index in [-0.39, 0.29) is 18.9 Å². The van der Waals surface area contributed by atoms with Gasteiger partial charge in [0.05, 0.1) is 18.7 Å². The van der Waals surface area contributed by atoms with E-state index in [4.69, 9.17) is 5.21 Å². The summed E-state index contributed by atoms with van der Waals surface area (Å²) >= 11 is 2.66. The number of carboxylic acid groups (broad SMARTS) is 1. The molecule has 0 aliphatic heterocycles. The van der Waals surface area contributed by atoms with Crippen LogP contribution in [0.15, 0.2) is 47.2 Å². The number of hydroxylamine groups is 1. The molecule has 156 valence electrons. The zero-order valence-electron chi connectivity index (χ0n) is 15.6. The second-order valence-electron chi connectivity index (χ2n) is 6.22. The van der Waals surface area contributed by atoms with E-state index in [0.29, 0.717) is 22.9 Å². The summed E-state index contributed by atoms with van der Waals surface area (Å²) in [4.78, 5) is 41.4.